The Kier molecular flexibility index (Phi) is 6.29. The van der Waals surface area contributed by atoms with Gasteiger partial charge in [0, 0.05) is 18.7 Å². The number of esters is 1. The van der Waals surface area contributed by atoms with Crippen LogP contribution in [0.15, 0.2) is 47.1 Å². The van der Waals surface area contributed by atoms with E-state index in [2.05, 4.69) is 27.2 Å². The Labute approximate surface area is 184 Å². The molecule has 0 unspecified atom stereocenters. The molecule has 166 valence electrons. The summed E-state index contributed by atoms with van der Waals surface area (Å²) in [5.41, 5.74) is 7.78. The lowest BCUT2D eigenvalue weighted by Gasteiger charge is -2.14. The van der Waals surface area contributed by atoms with Crippen LogP contribution in [0.2, 0.25) is 0 Å². The van der Waals surface area contributed by atoms with Crippen molar-refractivity contribution in [2.24, 2.45) is 5.92 Å². The minimum Gasteiger partial charge on any atom is -0.467 e. The number of nitrogen functional groups attached to an aromatic ring is 1. The number of hydrogen-bond donors (Lipinski definition) is 2. The number of likely N-dealkylation sites (tertiary alicyclic amines) is 1. The van der Waals surface area contributed by atoms with Crippen molar-refractivity contribution in [2.75, 3.05) is 17.6 Å². The predicted octanol–water partition coefficient (Wildman–Crippen LogP) is 2.44. The smallest absolute Gasteiger partial charge is 0.311 e. The molecule has 10 nitrogen and oxygen atoms in total. The summed E-state index contributed by atoms with van der Waals surface area (Å²) in [6.07, 6.45) is 2.48. The molecule has 1 amide bonds. The number of amides is 1. The molecule has 1 fully saturated rings. The molecule has 0 radical (unpaired) electrons. The maximum absolute atomic E-state index is 12.5. The van der Waals surface area contributed by atoms with Crippen molar-refractivity contribution < 1.29 is 18.7 Å². The van der Waals surface area contributed by atoms with Gasteiger partial charge in [-0.05, 0) is 30.2 Å². The highest BCUT2D eigenvalue weighted by molar-refractivity contribution is 5.86. The molecule has 10 heteroatoms. The zero-order valence-electron chi connectivity index (χ0n) is 17.7. The number of nitrogens with zero attached hydrogens (tertiary/aromatic N) is 4. The van der Waals surface area contributed by atoms with Crippen molar-refractivity contribution in [3.05, 3.63) is 59.8 Å². The Morgan fingerprint density at radius 2 is 2.09 bits per heavy atom. The van der Waals surface area contributed by atoms with Crippen molar-refractivity contribution in [3.8, 4) is 0 Å². The fourth-order valence-corrected chi connectivity index (χ4v) is 3.56. The van der Waals surface area contributed by atoms with Gasteiger partial charge in [0.15, 0.2) is 12.4 Å². The molecule has 0 bridgehead atoms. The molecular weight excluding hydrogens is 412 g/mol. The SMILES string of the molecule is CCc1ccccc1Nc1nc(N)nc(COC(=O)[C@@H]2CC(=O)N(Cc3ccco3)C2)n1. The van der Waals surface area contributed by atoms with Gasteiger partial charge in [0.05, 0.1) is 18.7 Å². The van der Waals surface area contributed by atoms with Gasteiger partial charge < -0.3 is 25.1 Å². The molecular formula is C22H24N6O4. The third-order valence-electron chi connectivity index (χ3n) is 5.16. The summed E-state index contributed by atoms with van der Waals surface area (Å²) in [4.78, 5) is 38.8. The Hall–Kier alpha value is -3.95. The van der Waals surface area contributed by atoms with Gasteiger partial charge in [0.1, 0.15) is 5.76 Å². The number of carbonyl (C=O) groups excluding carboxylic acids is 2. The van der Waals surface area contributed by atoms with Crippen molar-refractivity contribution >= 4 is 29.5 Å². The number of nitrogens with two attached hydrogens (primary N) is 1. The molecule has 1 aliphatic rings. The topological polar surface area (TPSA) is 136 Å². The second-order valence-corrected chi connectivity index (χ2v) is 7.43. The van der Waals surface area contributed by atoms with Gasteiger partial charge in [0.25, 0.3) is 0 Å². The van der Waals surface area contributed by atoms with Crippen molar-refractivity contribution in [1.82, 2.24) is 19.9 Å². The molecule has 3 N–H and O–H groups in total. The second kappa shape index (κ2) is 9.46. The number of aryl methyl sites for hydroxylation is 1. The summed E-state index contributed by atoms with van der Waals surface area (Å²) in [6, 6.07) is 11.3. The number of para-hydroxylation sites is 1. The van der Waals surface area contributed by atoms with E-state index in [-0.39, 0.29) is 43.2 Å². The predicted molar refractivity (Wildman–Crippen MR) is 115 cm³/mol. The van der Waals surface area contributed by atoms with Crippen LogP contribution < -0.4 is 11.1 Å². The van der Waals surface area contributed by atoms with Crippen LogP contribution in [0, 0.1) is 5.92 Å². The van der Waals surface area contributed by atoms with Crippen LogP contribution in [0.25, 0.3) is 0 Å². The Morgan fingerprint density at radius 1 is 1.25 bits per heavy atom. The van der Waals surface area contributed by atoms with Gasteiger partial charge in [-0.25, -0.2) is 0 Å². The van der Waals surface area contributed by atoms with Crippen molar-refractivity contribution in [3.63, 3.8) is 0 Å². The molecule has 0 aliphatic carbocycles. The van der Waals surface area contributed by atoms with Crippen LogP contribution in [-0.4, -0.2) is 38.3 Å². The first-order valence-corrected chi connectivity index (χ1v) is 10.3. The molecule has 1 aromatic carbocycles. The first-order valence-electron chi connectivity index (χ1n) is 10.3. The molecule has 1 aliphatic heterocycles. The molecule has 2 aromatic heterocycles. The highest BCUT2D eigenvalue weighted by Crippen LogP contribution is 2.23. The molecule has 3 heterocycles. The maximum atomic E-state index is 12.5. The van der Waals surface area contributed by atoms with Gasteiger partial charge in [-0.3, -0.25) is 9.59 Å². The number of ether oxygens (including phenoxy) is 1. The standard InChI is InChI=1S/C22H24N6O4/c1-2-14-6-3-4-8-17(14)24-22-26-18(25-21(23)27-22)13-32-20(30)15-10-19(29)28(11-15)12-16-7-5-9-31-16/h3-9,15H,2,10-13H2,1H3,(H3,23,24,25,26,27)/t15-/m1/s1. The van der Waals surface area contributed by atoms with Gasteiger partial charge in [0.2, 0.25) is 17.8 Å². The van der Waals surface area contributed by atoms with E-state index < -0.39 is 11.9 Å². The number of furan rings is 1. The normalized spacial score (nSPS) is 15.7. The molecule has 0 spiro atoms. The fraction of sp³-hybridized carbons (Fsp3) is 0.318. The third kappa shape index (κ3) is 5.02. The van der Waals surface area contributed by atoms with E-state index in [1.807, 2.05) is 24.3 Å². The van der Waals surface area contributed by atoms with Gasteiger partial charge in [-0.1, -0.05) is 25.1 Å². The summed E-state index contributed by atoms with van der Waals surface area (Å²) >= 11 is 0. The van der Waals surface area contributed by atoms with Gasteiger partial charge in [-0.2, -0.15) is 15.0 Å². The minimum atomic E-state index is -0.550. The summed E-state index contributed by atoms with van der Waals surface area (Å²) in [6.45, 7) is 2.49. The zero-order chi connectivity index (χ0) is 22.5. The van der Waals surface area contributed by atoms with Crippen LogP contribution in [-0.2, 0) is 33.9 Å². The average Bonchev–Trinajstić information content (AvgIpc) is 3.42. The molecule has 4 rings (SSSR count). The summed E-state index contributed by atoms with van der Waals surface area (Å²) in [5, 5.41) is 3.14. The lowest BCUT2D eigenvalue weighted by molar-refractivity contribution is -0.150. The third-order valence-corrected chi connectivity index (χ3v) is 5.16. The van der Waals surface area contributed by atoms with Crippen LogP contribution in [0.3, 0.4) is 0 Å². The Morgan fingerprint density at radius 3 is 2.88 bits per heavy atom. The number of rotatable bonds is 8. The van der Waals surface area contributed by atoms with Crippen LogP contribution in [0.4, 0.5) is 17.6 Å². The maximum Gasteiger partial charge on any atom is 0.311 e. The Balaban J connectivity index is 1.36. The number of benzene rings is 1. The number of hydrogen-bond acceptors (Lipinski definition) is 9. The number of anilines is 3. The van der Waals surface area contributed by atoms with Gasteiger partial charge >= 0.3 is 5.97 Å². The van der Waals surface area contributed by atoms with Crippen molar-refractivity contribution in [1.29, 1.82) is 0 Å². The molecule has 1 atom stereocenters. The molecule has 3 aromatic rings. The van der Waals surface area contributed by atoms with Gasteiger partial charge in [-0.15, -0.1) is 0 Å². The van der Waals surface area contributed by atoms with E-state index in [0.717, 1.165) is 17.7 Å². The Bertz CT molecular complexity index is 1100. The number of carbonyl (C=O) groups is 2. The lowest BCUT2D eigenvalue weighted by atomic mass is 10.1. The molecule has 0 saturated carbocycles. The molecule has 1 saturated heterocycles. The quantitative estimate of drug-likeness (QED) is 0.510. The van der Waals surface area contributed by atoms with Crippen LogP contribution in [0.1, 0.15) is 30.5 Å². The average molecular weight is 436 g/mol. The first-order chi connectivity index (χ1) is 15.5. The second-order valence-electron chi connectivity index (χ2n) is 7.43. The highest BCUT2D eigenvalue weighted by atomic mass is 16.5. The van der Waals surface area contributed by atoms with Crippen LogP contribution >= 0.6 is 0 Å². The molecule has 32 heavy (non-hydrogen) atoms. The van der Waals surface area contributed by atoms with E-state index >= 15 is 0 Å². The lowest BCUT2D eigenvalue weighted by Crippen LogP contribution is -2.26. The zero-order valence-corrected chi connectivity index (χ0v) is 17.7. The first kappa shape index (κ1) is 21.3. The summed E-state index contributed by atoms with van der Waals surface area (Å²) in [7, 11) is 0. The fourth-order valence-electron chi connectivity index (χ4n) is 3.56. The van der Waals surface area contributed by atoms with E-state index in [1.54, 1.807) is 23.3 Å². The van der Waals surface area contributed by atoms with Crippen LogP contribution in [0.5, 0.6) is 0 Å². The number of aromatic nitrogens is 3. The monoisotopic (exact) mass is 436 g/mol. The summed E-state index contributed by atoms with van der Waals surface area (Å²) < 4.78 is 10.6. The van der Waals surface area contributed by atoms with E-state index in [9.17, 15) is 9.59 Å². The van der Waals surface area contributed by atoms with E-state index in [4.69, 9.17) is 14.9 Å². The largest absolute Gasteiger partial charge is 0.467 e. The van der Waals surface area contributed by atoms with E-state index in [0.29, 0.717) is 12.3 Å². The highest BCUT2D eigenvalue weighted by Gasteiger charge is 2.35. The summed E-state index contributed by atoms with van der Waals surface area (Å²) in [5.74, 6) is 0.0229. The van der Waals surface area contributed by atoms with E-state index in [1.165, 1.54) is 0 Å². The minimum absolute atomic E-state index is 0.0168. The number of nitrogens with one attached hydrogen (secondary N) is 1. The van der Waals surface area contributed by atoms with Crippen molar-refractivity contribution in [2.45, 2.75) is 32.9 Å².